The molecule has 0 amide bonds. The lowest BCUT2D eigenvalue weighted by molar-refractivity contribution is 0.159. The second-order valence-corrected chi connectivity index (χ2v) is 5.67. The van der Waals surface area contributed by atoms with Gasteiger partial charge in [-0.15, -0.1) is 0 Å². The quantitative estimate of drug-likeness (QED) is 0.696. The molecule has 0 fully saturated rings. The van der Waals surface area contributed by atoms with Gasteiger partial charge in [0.05, 0.1) is 5.56 Å². The molecule has 3 nitrogen and oxygen atoms in total. The Labute approximate surface area is 112 Å². The summed E-state index contributed by atoms with van der Waals surface area (Å²) < 4.78 is 11.6. The topological polar surface area (TPSA) is 39.4 Å². The third-order valence-electron chi connectivity index (χ3n) is 2.88. The van der Waals surface area contributed by atoms with Crippen LogP contribution < -0.4 is 10.4 Å². The predicted molar refractivity (Wildman–Crippen MR) is 73.9 cm³/mol. The summed E-state index contributed by atoms with van der Waals surface area (Å²) in [7, 11) is 0. The number of fused-ring (bicyclic) bond motifs is 3. The molecular weight excluding hydrogens is 296 g/mol. The van der Waals surface area contributed by atoms with Gasteiger partial charge in [-0.1, -0.05) is 0 Å². The highest BCUT2D eigenvalue weighted by atomic mass is 79.9. The number of rotatable bonds is 0. The van der Waals surface area contributed by atoms with E-state index in [1.54, 1.807) is 6.07 Å². The van der Waals surface area contributed by atoms with Gasteiger partial charge in [0.1, 0.15) is 21.4 Å². The van der Waals surface area contributed by atoms with Gasteiger partial charge in [-0.2, -0.15) is 0 Å². The van der Waals surface area contributed by atoms with Gasteiger partial charge in [0.2, 0.25) is 0 Å². The maximum absolute atomic E-state index is 11.6. The number of benzene rings is 1. The van der Waals surface area contributed by atoms with Crippen LogP contribution in [0, 0.1) is 0 Å². The van der Waals surface area contributed by atoms with E-state index in [1.807, 2.05) is 38.1 Å². The fourth-order valence-corrected chi connectivity index (χ4v) is 2.34. The zero-order valence-electron chi connectivity index (χ0n) is 9.99. The van der Waals surface area contributed by atoms with Gasteiger partial charge in [-0.25, -0.2) is 4.79 Å². The van der Waals surface area contributed by atoms with E-state index in [2.05, 4.69) is 15.9 Å². The van der Waals surface area contributed by atoms with Crippen molar-refractivity contribution in [3.8, 4) is 5.75 Å². The molecule has 0 unspecified atom stereocenters. The molecule has 0 spiro atoms. The molecule has 0 N–H and O–H groups in total. The summed E-state index contributed by atoms with van der Waals surface area (Å²) in [5.74, 6) is 0.737. The van der Waals surface area contributed by atoms with E-state index in [9.17, 15) is 4.79 Å². The molecule has 92 valence electrons. The summed E-state index contributed by atoms with van der Waals surface area (Å²) in [6.07, 6.45) is 3.90. The van der Waals surface area contributed by atoms with Gasteiger partial charge in [0, 0.05) is 5.39 Å². The van der Waals surface area contributed by atoms with E-state index in [-0.39, 0.29) is 11.2 Å². The van der Waals surface area contributed by atoms with Crippen LogP contribution in [-0.2, 0) is 0 Å². The van der Waals surface area contributed by atoms with Gasteiger partial charge in [0.25, 0.3) is 0 Å². The minimum atomic E-state index is -0.380. The normalized spacial score (nSPS) is 16.4. The van der Waals surface area contributed by atoms with Gasteiger partial charge in [-0.3, -0.25) is 0 Å². The molecule has 1 aliphatic heterocycles. The molecule has 1 aliphatic rings. The fraction of sp³-hybridized carbons (Fsp3) is 0.214. The maximum atomic E-state index is 11.6. The minimum Gasteiger partial charge on any atom is -0.483 e. The number of hydrogen-bond acceptors (Lipinski definition) is 3. The molecule has 0 bridgehead atoms. The summed E-state index contributed by atoms with van der Waals surface area (Å²) in [6, 6.07) is 5.54. The van der Waals surface area contributed by atoms with Crippen LogP contribution in [0.25, 0.3) is 17.0 Å². The average Bonchev–Trinajstić information content (AvgIpc) is 2.29. The van der Waals surface area contributed by atoms with Crippen molar-refractivity contribution in [2.75, 3.05) is 0 Å². The number of halogens is 1. The average molecular weight is 307 g/mol. The first-order valence-electron chi connectivity index (χ1n) is 5.61. The first-order chi connectivity index (χ1) is 8.46. The Kier molecular flexibility index (Phi) is 2.38. The highest BCUT2D eigenvalue weighted by molar-refractivity contribution is 9.10. The lowest BCUT2D eigenvalue weighted by Crippen LogP contribution is -2.27. The highest BCUT2D eigenvalue weighted by Gasteiger charge is 2.23. The summed E-state index contributed by atoms with van der Waals surface area (Å²) in [6.45, 7) is 3.96. The molecular formula is C14H11BrO3. The van der Waals surface area contributed by atoms with Gasteiger partial charge < -0.3 is 9.15 Å². The molecule has 1 aromatic heterocycles. The Balaban J connectivity index is 2.34. The Morgan fingerprint density at radius 2 is 2.06 bits per heavy atom. The highest BCUT2D eigenvalue weighted by Crippen LogP contribution is 2.35. The third kappa shape index (κ3) is 1.77. The molecule has 3 rings (SSSR count). The van der Waals surface area contributed by atoms with Crippen molar-refractivity contribution in [1.82, 2.24) is 0 Å². The molecule has 0 aliphatic carbocycles. The number of hydrogen-bond donors (Lipinski definition) is 0. The summed E-state index contributed by atoms with van der Waals surface area (Å²) in [5, 5.41) is 0.869. The smallest absolute Gasteiger partial charge is 0.350 e. The lowest BCUT2D eigenvalue weighted by atomic mass is 10.0. The summed E-state index contributed by atoms with van der Waals surface area (Å²) in [5.41, 5.74) is 0.661. The molecule has 0 atom stereocenters. The summed E-state index contributed by atoms with van der Waals surface area (Å²) >= 11 is 3.17. The standard InChI is InChI=1S/C14H11BrO3/c1-14(2)6-5-9-11(18-14)4-3-8-7-10(15)13(16)17-12(8)9/h3-7H,1-2H3. The Bertz CT molecular complexity index is 726. The van der Waals surface area contributed by atoms with Crippen molar-refractivity contribution in [2.24, 2.45) is 0 Å². The van der Waals surface area contributed by atoms with Crippen molar-refractivity contribution in [2.45, 2.75) is 19.4 Å². The second kappa shape index (κ2) is 3.72. The van der Waals surface area contributed by atoms with E-state index < -0.39 is 0 Å². The van der Waals surface area contributed by atoms with Gasteiger partial charge >= 0.3 is 5.63 Å². The van der Waals surface area contributed by atoms with Crippen LogP contribution in [0.1, 0.15) is 19.4 Å². The van der Waals surface area contributed by atoms with Crippen molar-refractivity contribution < 1.29 is 9.15 Å². The number of ether oxygens (including phenoxy) is 1. The van der Waals surface area contributed by atoms with Gasteiger partial charge in [0.15, 0.2) is 0 Å². The van der Waals surface area contributed by atoms with Crippen LogP contribution in [0.3, 0.4) is 0 Å². The van der Waals surface area contributed by atoms with Crippen LogP contribution in [0.15, 0.2) is 38.0 Å². The monoisotopic (exact) mass is 306 g/mol. The Morgan fingerprint density at radius 1 is 1.28 bits per heavy atom. The van der Waals surface area contributed by atoms with E-state index >= 15 is 0 Å². The zero-order valence-corrected chi connectivity index (χ0v) is 11.6. The molecule has 4 heteroatoms. The predicted octanol–water partition coefficient (Wildman–Crippen LogP) is 3.74. The van der Waals surface area contributed by atoms with Crippen molar-refractivity contribution in [3.63, 3.8) is 0 Å². The van der Waals surface area contributed by atoms with Crippen LogP contribution in [0.4, 0.5) is 0 Å². The maximum Gasteiger partial charge on any atom is 0.350 e. The van der Waals surface area contributed by atoms with E-state index in [1.165, 1.54) is 0 Å². The molecule has 2 heterocycles. The van der Waals surface area contributed by atoms with Crippen molar-refractivity contribution >= 4 is 33.0 Å². The fourth-order valence-electron chi connectivity index (χ4n) is 2.01. The molecule has 1 aromatic carbocycles. The third-order valence-corrected chi connectivity index (χ3v) is 3.44. The molecule has 0 saturated carbocycles. The van der Waals surface area contributed by atoms with Crippen LogP contribution in [0.5, 0.6) is 5.75 Å². The second-order valence-electron chi connectivity index (χ2n) is 4.82. The first-order valence-corrected chi connectivity index (χ1v) is 6.40. The molecule has 18 heavy (non-hydrogen) atoms. The minimum absolute atomic E-state index is 0.337. The van der Waals surface area contributed by atoms with E-state index in [0.717, 1.165) is 16.7 Å². The lowest BCUT2D eigenvalue weighted by Gasteiger charge is -2.27. The van der Waals surface area contributed by atoms with Crippen LogP contribution >= 0.6 is 15.9 Å². The van der Waals surface area contributed by atoms with Crippen LogP contribution in [0.2, 0.25) is 0 Å². The SMILES string of the molecule is CC1(C)C=Cc2c(ccc3cc(Br)c(=O)oc23)O1. The Morgan fingerprint density at radius 3 is 2.83 bits per heavy atom. The van der Waals surface area contributed by atoms with E-state index in [4.69, 9.17) is 9.15 Å². The van der Waals surface area contributed by atoms with Crippen molar-refractivity contribution in [1.29, 1.82) is 0 Å². The zero-order chi connectivity index (χ0) is 12.9. The largest absolute Gasteiger partial charge is 0.483 e. The molecule has 0 radical (unpaired) electrons. The van der Waals surface area contributed by atoms with Gasteiger partial charge in [-0.05, 0) is 60.1 Å². The molecule has 0 saturated heterocycles. The van der Waals surface area contributed by atoms with Crippen molar-refractivity contribution in [3.05, 3.63) is 44.7 Å². The molecule has 2 aromatic rings. The van der Waals surface area contributed by atoms with Crippen LogP contribution in [-0.4, -0.2) is 5.60 Å². The Hall–Kier alpha value is -1.55. The van der Waals surface area contributed by atoms with E-state index in [0.29, 0.717) is 10.1 Å². The summed E-state index contributed by atoms with van der Waals surface area (Å²) in [4.78, 5) is 11.6. The first kappa shape index (κ1) is 11.5.